The summed E-state index contributed by atoms with van der Waals surface area (Å²) in [5.74, 6) is 1.38. The van der Waals surface area contributed by atoms with E-state index in [1.807, 2.05) is 12.1 Å². The van der Waals surface area contributed by atoms with Gasteiger partial charge in [-0.1, -0.05) is 12.1 Å². The highest BCUT2D eigenvalue weighted by Gasteiger charge is 2.47. The van der Waals surface area contributed by atoms with Crippen molar-refractivity contribution < 1.29 is 13.6 Å². The Morgan fingerprint density at radius 3 is 2.28 bits per heavy atom. The van der Waals surface area contributed by atoms with E-state index in [0.29, 0.717) is 29.7 Å². The van der Waals surface area contributed by atoms with Gasteiger partial charge in [0.25, 0.3) is 0 Å². The fraction of sp³-hybridized carbons (Fsp3) is 0.381. The van der Waals surface area contributed by atoms with Crippen molar-refractivity contribution in [3.63, 3.8) is 0 Å². The molecule has 0 spiro atoms. The molecular weight excluding hydrogens is 320 g/mol. The van der Waals surface area contributed by atoms with Crippen LogP contribution < -0.4 is 0 Å². The molecule has 2 aromatic rings. The minimum absolute atomic E-state index is 0.0642. The highest BCUT2D eigenvalue weighted by atomic mass is 19.1. The molecule has 2 fully saturated rings. The summed E-state index contributed by atoms with van der Waals surface area (Å²) in [7, 11) is 0. The van der Waals surface area contributed by atoms with Crippen LogP contribution in [0.5, 0.6) is 0 Å². The van der Waals surface area contributed by atoms with Gasteiger partial charge >= 0.3 is 0 Å². The molecule has 2 nitrogen and oxygen atoms in total. The van der Waals surface area contributed by atoms with Crippen LogP contribution in [0.25, 0.3) is 0 Å². The number of benzene rings is 2. The maximum Gasteiger partial charge on any atom is 0.164 e. The van der Waals surface area contributed by atoms with E-state index in [1.54, 1.807) is 12.1 Å². The first-order valence-corrected chi connectivity index (χ1v) is 8.87. The molecule has 4 rings (SSSR count). The maximum absolute atomic E-state index is 13.1. The molecule has 0 N–H and O–H groups in total. The lowest BCUT2D eigenvalue weighted by Gasteiger charge is -2.40. The zero-order chi connectivity index (χ0) is 17.4. The second-order valence-corrected chi connectivity index (χ2v) is 7.26. The molecule has 0 aromatic heterocycles. The van der Waals surface area contributed by atoms with Crippen LogP contribution in [-0.2, 0) is 0 Å². The summed E-state index contributed by atoms with van der Waals surface area (Å²) >= 11 is 0. The molecular formula is C21H21F2NO. The third kappa shape index (κ3) is 3.36. The van der Waals surface area contributed by atoms with Crippen molar-refractivity contribution in [1.82, 2.24) is 4.90 Å². The Kier molecular flexibility index (Phi) is 4.38. The van der Waals surface area contributed by atoms with Crippen LogP contribution >= 0.6 is 0 Å². The highest BCUT2D eigenvalue weighted by molar-refractivity contribution is 5.96. The molecule has 130 valence electrons. The van der Waals surface area contributed by atoms with Crippen molar-refractivity contribution in [3.05, 3.63) is 71.3 Å². The van der Waals surface area contributed by atoms with Crippen LogP contribution in [0.1, 0.15) is 34.7 Å². The fourth-order valence-electron chi connectivity index (χ4n) is 4.31. The first kappa shape index (κ1) is 16.4. The van der Waals surface area contributed by atoms with E-state index in [-0.39, 0.29) is 17.4 Å². The van der Waals surface area contributed by atoms with E-state index in [0.717, 1.165) is 26.1 Å². The van der Waals surface area contributed by atoms with Crippen LogP contribution in [0.3, 0.4) is 0 Å². The van der Waals surface area contributed by atoms with Crippen molar-refractivity contribution in [2.24, 2.45) is 11.8 Å². The maximum atomic E-state index is 13.1. The molecule has 1 aliphatic heterocycles. The molecule has 1 aliphatic carbocycles. The number of Topliss-reactive ketones (excluding diaryl/α,β-unsaturated/α-hetero) is 1. The number of hydrogen-bond acceptors (Lipinski definition) is 2. The summed E-state index contributed by atoms with van der Waals surface area (Å²) < 4.78 is 26.0. The summed E-state index contributed by atoms with van der Waals surface area (Å²) in [6.45, 7) is 2.79. The predicted octanol–water partition coefficient (Wildman–Crippen LogP) is 4.27. The molecule has 3 unspecified atom stereocenters. The third-order valence-corrected chi connectivity index (χ3v) is 5.76. The van der Waals surface area contributed by atoms with Crippen molar-refractivity contribution >= 4 is 5.78 Å². The van der Waals surface area contributed by atoms with E-state index in [2.05, 4.69) is 4.90 Å². The van der Waals surface area contributed by atoms with Crippen LogP contribution in [0, 0.1) is 23.5 Å². The molecule has 3 atom stereocenters. The number of hydrogen-bond donors (Lipinski definition) is 0. The smallest absolute Gasteiger partial charge is 0.164 e. The molecule has 0 bridgehead atoms. The Balaban J connectivity index is 1.30. The van der Waals surface area contributed by atoms with Gasteiger partial charge in [0.1, 0.15) is 11.6 Å². The second kappa shape index (κ2) is 6.68. The fourth-order valence-corrected chi connectivity index (χ4v) is 4.31. The van der Waals surface area contributed by atoms with Crippen molar-refractivity contribution in [2.75, 3.05) is 19.6 Å². The Bertz CT molecular complexity index is 756. The van der Waals surface area contributed by atoms with Gasteiger partial charge in [-0.2, -0.15) is 0 Å². The van der Waals surface area contributed by atoms with Crippen LogP contribution in [-0.4, -0.2) is 30.3 Å². The molecule has 4 heteroatoms. The van der Waals surface area contributed by atoms with Crippen LogP contribution in [0.2, 0.25) is 0 Å². The van der Waals surface area contributed by atoms with E-state index in [4.69, 9.17) is 0 Å². The predicted molar refractivity (Wildman–Crippen MR) is 92.5 cm³/mol. The molecule has 25 heavy (non-hydrogen) atoms. The minimum Gasteiger partial charge on any atom is -0.302 e. The lowest BCUT2D eigenvalue weighted by atomic mass is 9.64. The van der Waals surface area contributed by atoms with Gasteiger partial charge in [0.15, 0.2) is 5.78 Å². The topological polar surface area (TPSA) is 20.3 Å². The van der Waals surface area contributed by atoms with E-state index in [1.165, 1.54) is 29.8 Å². The Morgan fingerprint density at radius 2 is 1.60 bits per heavy atom. The molecule has 1 saturated heterocycles. The van der Waals surface area contributed by atoms with Gasteiger partial charge in [-0.25, -0.2) is 8.78 Å². The van der Waals surface area contributed by atoms with Gasteiger partial charge in [0.05, 0.1) is 0 Å². The van der Waals surface area contributed by atoms with Gasteiger partial charge in [-0.05, 0) is 66.1 Å². The van der Waals surface area contributed by atoms with Crippen molar-refractivity contribution in [3.8, 4) is 0 Å². The number of carbonyl (C=O) groups excluding carboxylic acids is 1. The number of likely N-dealkylation sites (tertiary alicyclic amines) is 1. The average molecular weight is 341 g/mol. The van der Waals surface area contributed by atoms with E-state index < -0.39 is 0 Å². The summed E-state index contributed by atoms with van der Waals surface area (Å²) in [6.07, 6.45) is 1.62. The van der Waals surface area contributed by atoms with Crippen LogP contribution in [0.4, 0.5) is 8.78 Å². The summed E-state index contributed by atoms with van der Waals surface area (Å²) in [5, 5.41) is 0. The third-order valence-electron chi connectivity index (χ3n) is 5.76. The van der Waals surface area contributed by atoms with Crippen molar-refractivity contribution in [2.45, 2.75) is 18.8 Å². The zero-order valence-corrected chi connectivity index (χ0v) is 14.0. The molecule has 1 heterocycles. The summed E-state index contributed by atoms with van der Waals surface area (Å²) in [5.41, 5.74) is 1.81. The second-order valence-electron chi connectivity index (χ2n) is 7.26. The summed E-state index contributed by atoms with van der Waals surface area (Å²) in [6, 6.07) is 12.6. The first-order valence-electron chi connectivity index (χ1n) is 8.87. The number of halogens is 2. The lowest BCUT2D eigenvalue weighted by Crippen LogP contribution is -2.33. The molecule has 0 amide bonds. The van der Waals surface area contributed by atoms with Gasteiger partial charge in [0.2, 0.25) is 0 Å². The highest BCUT2D eigenvalue weighted by Crippen LogP contribution is 2.51. The van der Waals surface area contributed by atoms with Gasteiger partial charge in [-0.3, -0.25) is 4.79 Å². The number of nitrogens with zero attached hydrogens (tertiary/aromatic N) is 1. The Labute approximate surface area is 146 Å². The molecule has 0 radical (unpaired) electrons. The number of carbonyl (C=O) groups is 1. The largest absolute Gasteiger partial charge is 0.302 e. The van der Waals surface area contributed by atoms with Crippen molar-refractivity contribution in [1.29, 1.82) is 0 Å². The number of rotatable bonds is 5. The van der Waals surface area contributed by atoms with E-state index >= 15 is 0 Å². The zero-order valence-electron chi connectivity index (χ0n) is 14.0. The number of ketones is 1. The molecule has 2 aliphatic rings. The minimum atomic E-state index is -0.320. The van der Waals surface area contributed by atoms with Gasteiger partial charge in [-0.15, -0.1) is 0 Å². The standard InChI is InChI=1S/C21H21F2NO/c22-17-5-1-14(2-6-17)19-11-16-12-24(13-20(16)19)10-9-21(25)15-3-7-18(23)8-4-15/h1-8,16,19-20H,9-13H2. The average Bonchev–Trinajstić information content (AvgIpc) is 2.92. The SMILES string of the molecule is O=C(CCN1CC2CC(c3ccc(F)cc3)C2C1)c1ccc(F)cc1. The molecule has 1 saturated carbocycles. The lowest BCUT2D eigenvalue weighted by molar-refractivity contribution is 0.0968. The Hall–Kier alpha value is -2.07. The molecule has 2 aromatic carbocycles. The summed E-state index contributed by atoms with van der Waals surface area (Å²) in [4.78, 5) is 14.6. The van der Waals surface area contributed by atoms with Crippen LogP contribution in [0.15, 0.2) is 48.5 Å². The monoisotopic (exact) mass is 341 g/mol. The Morgan fingerprint density at radius 1 is 0.960 bits per heavy atom. The first-order chi connectivity index (χ1) is 12.1. The van der Waals surface area contributed by atoms with E-state index in [9.17, 15) is 13.6 Å². The normalized spacial score (nSPS) is 25.4. The van der Waals surface area contributed by atoms with Gasteiger partial charge in [0, 0.05) is 31.6 Å². The quantitative estimate of drug-likeness (QED) is 0.757. The van der Waals surface area contributed by atoms with Gasteiger partial charge < -0.3 is 4.90 Å². The number of fused-ring (bicyclic) bond motifs is 1.